The largest absolute Gasteiger partial charge is 0.495 e. The van der Waals surface area contributed by atoms with Crippen molar-refractivity contribution < 1.29 is 23.2 Å². The van der Waals surface area contributed by atoms with Crippen molar-refractivity contribution in [1.29, 1.82) is 0 Å². The van der Waals surface area contributed by atoms with Crippen molar-refractivity contribution in [2.75, 3.05) is 17.7 Å². The van der Waals surface area contributed by atoms with Crippen LogP contribution in [-0.2, 0) is 4.79 Å². The Bertz CT molecular complexity index is 912. The van der Waals surface area contributed by atoms with Gasteiger partial charge < -0.3 is 24.2 Å². The summed E-state index contributed by atoms with van der Waals surface area (Å²) in [5, 5.41) is 5.40. The zero-order chi connectivity index (χ0) is 18.4. The van der Waals surface area contributed by atoms with Crippen molar-refractivity contribution in [3.63, 3.8) is 0 Å². The number of nitrogens with one attached hydrogen (secondary N) is 2. The molecule has 0 radical (unpaired) electrons. The third kappa shape index (κ3) is 4.21. The number of methoxy groups -OCH3 is 1. The number of carbonyl (C=O) groups is 2. The minimum absolute atomic E-state index is 0.188. The van der Waals surface area contributed by atoms with Crippen LogP contribution in [-0.4, -0.2) is 18.9 Å². The van der Waals surface area contributed by atoms with Gasteiger partial charge in [0, 0.05) is 11.8 Å². The van der Waals surface area contributed by atoms with Gasteiger partial charge in [0.15, 0.2) is 5.76 Å². The van der Waals surface area contributed by atoms with Crippen molar-refractivity contribution in [1.82, 2.24) is 0 Å². The Morgan fingerprint density at radius 1 is 1.04 bits per heavy atom. The highest BCUT2D eigenvalue weighted by atomic mass is 16.5. The monoisotopic (exact) mass is 352 g/mol. The van der Waals surface area contributed by atoms with Gasteiger partial charge in [-0.1, -0.05) is 0 Å². The summed E-state index contributed by atoms with van der Waals surface area (Å²) in [6, 6.07) is 11.5. The molecule has 7 nitrogen and oxygen atoms in total. The fraction of sp³-hybridized carbons (Fsp3) is 0.0526. The molecular formula is C19H16N2O5. The van der Waals surface area contributed by atoms with Gasteiger partial charge in [0.05, 0.1) is 25.3 Å². The van der Waals surface area contributed by atoms with Crippen molar-refractivity contribution in [2.24, 2.45) is 0 Å². The van der Waals surface area contributed by atoms with Crippen LogP contribution in [0.25, 0.3) is 6.08 Å². The van der Waals surface area contributed by atoms with E-state index in [1.807, 2.05) is 0 Å². The Kier molecular flexibility index (Phi) is 5.19. The third-order valence-corrected chi connectivity index (χ3v) is 3.40. The maximum atomic E-state index is 12.1. The van der Waals surface area contributed by atoms with E-state index in [0.717, 1.165) is 0 Å². The van der Waals surface area contributed by atoms with Crippen molar-refractivity contribution in [3.05, 3.63) is 72.6 Å². The molecule has 26 heavy (non-hydrogen) atoms. The summed E-state index contributed by atoms with van der Waals surface area (Å²) in [5.41, 5.74) is 0.899. The summed E-state index contributed by atoms with van der Waals surface area (Å²) in [7, 11) is 1.49. The lowest BCUT2D eigenvalue weighted by Gasteiger charge is -2.11. The molecule has 0 saturated carbocycles. The summed E-state index contributed by atoms with van der Waals surface area (Å²) in [4.78, 5) is 24.2. The number of benzene rings is 1. The molecule has 1 aromatic carbocycles. The second-order valence-corrected chi connectivity index (χ2v) is 5.18. The number of ether oxygens (including phenoxy) is 1. The van der Waals surface area contributed by atoms with Gasteiger partial charge in [0.1, 0.15) is 11.5 Å². The zero-order valence-electron chi connectivity index (χ0n) is 13.9. The van der Waals surface area contributed by atoms with Crippen LogP contribution in [0.15, 0.2) is 69.9 Å². The van der Waals surface area contributed by atoms with Gasteiger partial charge >= 0.3 is 0 Å². The molecule has 0 fully saturated rings. The number of rotatable bonds is 6. The first kappa shape index (κ1) is 17.1. The summed E-state index contributed by atoms with van der Waals surface area (Å²) in [6.45, 7) is 0. The van der Waals surface area contributed by atoms with Crippen molar-refractivity contribution >= 4 is 29.3 Å². The molecule has 0 saturated heterocycles. The highest BCUT2D eigenvalue weighted by molar-refractivity contribution is 6.05. The summed E-state index contributed by atoms with van der Waals surface area (Å²) >= 11 is 0. The van der Waals surface area contributed by atoms with Crippen LogP contribution in [0.5, 0.6) is 5.75 Å². The van der Waals surface area contributed by atoms with Crippen LogP contribution in [0.2, 0.25) is 0 Å². The van der Waals surface area contributed by atoms with Gasteiger partial charge in [-0.3, -0.25) is 9.59 Å². The molecule has 0 aliphatic rings. The molecule has 132 valence electrons. The van der Waals surface area contributed by atoms with E-state index in [1.165, 1.54) is 25.7 Å². The van der Waals surface area contributed by atoms with E-state index in [2.05, 4.69) is 10.6 Å². The van der Waals surface area contributed by atoms with E-state index in [1.54, 1.807) is 48.5 Å². The fourth-order valence-electron chi connectivity index (χ4n) is 2.20. The average Bonchev–Trinajstić information content (AvgIpc) is 3.34. The van der Waals surface area contributed by atoms with Gasteiger partial charge in [0.25, 0.3) is 5.91 Å². The Morgan fingerprint density at radius 3 is 2.54 bits per heavy atom. The Balaban J connectivity index is 1.72. The van der Waals surface area contributed by atoms with Gasteiger partial charge in [0.2, 0.25) is 5.91 Å². The molecule has 3 rings (SSSR count). The maximum Gasteiger partial charge on any atom is 0.291 e. The summed E-state index contributed by atoms with van der Waals surface area (Å²) in [6.07, 6.45) is 5.82. The van der Waals surface area contributed by atoms with E-state index in [9.17, 15) is 9.59 Å². The molecule has 2 heterocycles. The van der Waals surface area contributed by atoms with Crippen LogP contribution in [0.3, 0.4) is 0 Å². The van der Waals surface area contributed by atoms with Crippen LogP contribution in [0.4, 0.5) is 11.4 Å². The van der Waals surface area contributed by atoms with Crippen LogP contribution in [0.1, 0.15) is 16.3 Å². The van der Waals surface area contributed by atoms with Gasteiger partial charge in [-0.15, -0.1) is 0 Å². The average molecular weight is 352 g/mol. The topological polar surface area (TPSA) is 93.7 Å². The third-order valence-electron chi connectivity index (χ3n) is 3.40. The normalized spacial score (nSPS) is 10.7. The minimum Gasteiger partial charge on any atom is -0.495 e. The molecule has 0 unspecified atom stereocenters. The highest BCUT2D eigenvalue weighted by Crippen LogP contribution is 2.28. The first-order chi connectivity index (χ1) is 12.7. The lowest BCUT2D eigenvalue weighted by Crippen LogP contribution is -2.12. The van der Waals surface area contributed by atoms with E-state index < -0.39 is 5.91 Å². The number of amides is 2. The molecule has 0 atom stereocenters. The van der Waals surface area contributed by atoms with Gasteiger partial charge in [-0.25, -0.2) is 0 Å². The zero-order valence-corrected chi connectivity index (χ0v) is 13.9. The lowest BCUT2D eigenvalue weighted by molar-refractivity contribution is -0.111. The Morgan fingerprint density at radius 2 is 1.85 bits per heavy atom. The van der Waals surface area contributed by atoms with Crippen molar-refractivity contribution in [2.45, 2.75) is 0 Å². The minimum atomic E-state index is -0.393. The Hall–Kier alpha value is -3.74. The van der Waals surface area contributed by atoms with E-state index in [0.29, 0.717) is 22.9 Å². The van der Waals surface area contributed by atoms with Gasteiger partial charge in [-0.2, -0.15) is 0 Å². The molecule has 2 aromatic heterocycles. The lowest BCUT2D eigenvalue weighted by atomic mass is 10.2. The number of anilines is 2. The van der Waals surface area contributed by atoms with Gasteiger partial charge in [-0.05, 0) is 48.5 Å². The molecule has 0 bridgehead atoms. The second-order valence-electron chi connectivity index (χ2n) is 5.18. The maximum absolute atomic E-state index is 12.1. The van der Waals surface area contributed by atoms with Crippen LogP contribution < -0.4 is 15.4 Å². The molecule has 2 N–H and O–H groups in total. The smallest absolute Gasteiger partial charge is 0.291 e. The number of hydrogen-bond donors (Lipinski definition) is 2. The molecule has 2 amide bonds. The molecule has 3 aromatic rings. The first-order valence-corrected chi connectivity index (χ1v) is 7.71. The van der Waals surface area contributed by atoms with E-state index in [-0.39, 0.29) is 11.7 Å². The molecule has 0 spiro atoms. The summed E-state index contributed by atoms with van der Waals surface area (Å²) < 4.78 is 15.4. The number of carbonyl (C=O) groups excluding carboxylic acids is 2. The van der Waals surface area contributed by atoms with Crippen molar-refractivity contribution in [3.8, 4) is 5.75 Å². The van der Waals surface area contributed by atoms with E-state index in [4.69, 9.17) is 13.6 Å². The predicted molar refractivity (Wildman–Crippen MR) is 96.0 cm³/mol. The highest BCUT2D eigenvalue weighted by Gasteiger charge is 2.12. The van der Waals surface area contributed by atoms with Crippen LogP contribution >= 0.6 is 0 Å². The quantitative estimate of drug-likeness (QED) is 0.658. The standard InChI is InChI=1S/C19H16N2O5/c1-24-16-8-6-13(20-19(23)17-5-3-11-26-17)12-15(16)21-18(22)9-7-14-4-2-10-25-14/h2-12H,1H3,(H,20,23)(H,21,22)/b9-7+. The van der Waals surface area contributed by atoms with E-state index >= 15 is 0 Å². The molecular weight excluding hydrogens is 336 g/mol. The number of hydrogen-bond acceptors (Lipinski definition) is 5. The predicted octanol–water partition coefficient (Wildman–Crippen LogP) is 3.79. The number of furan rings is 2. The van der Waals surface area contributed by atoms with Crippen LogP contribution in [0, 0.1) is 0 Å². The first-order valence-electron chi connectivity index (χ1n) is 7.71. The molecule has 7 heteroatoms. The fourth-order valence-corrected chi connectivity index (χ4v) is 2.20. The molecule has 0 aliphatic carbocycles. The SMILES string of the molecule is COc1ccc(NC(=O)c2ccco2)cc1NC(=O)/C=C/c1ccco1. The molecule has 0 aliphatic heterocycles. The summed E-state index contributed by atoms with van der Waals surface area (Å²) in [5.74, 6) is 0.449. The Labute approximate surface area is 149 Å². The second kappa shape index (κ2) is 7.89.